The second kappa shape index (κ2) is 10.2. The Kier molecular flexibility index (Phi) is 9.53. The van der Waals surface area contributed by atoms with Gasteiger partial charge < -0.3 is 16.4 Å². The summed E-state index contributed by atoms with van der Waals surface area (Å²) in [7, 11) is 0. The number of rotatable bonds is 7. The summed E-state index contributed by atoms with van der Waals surface area (Å²) in [4.78, 5) is 23.7. The highest BCUT2D eigenvalue weighted by atomic mass is 35.5. The third kappa shape index (κ3) is 7.01. The van der Waals surface area contributed by atoms with Crippen LogP contribution in [0.5, 0.6) is 0 Å². The molecule has 0 heterocycles. The average molecular weight is 342 g/mol. The third-order valence-corrected chi connectivity index (χ3v) is 3.67. The van der Waals surface area contributed by atoms with Crippen LogP contribution in [0.4, 0.5) is 0 Å². The zero-order valence-electron chi connectivity index (χ0n) is 14.3. The molecule has 0 aromatic heterocycles. The molecule has 0 saturated heterocycles. The molecule has 4 N–H and O–H groups in total. The maximum Gasteiger partial charge on any atom is 0.239 e. The third-order valence-electron chi connectivity index (χ3n) is 3.67. The molecule has 1 rings (SSSR count). The van der Waals surface area contributed by atoms with Gasteiger partial charge in [-0.25, -0.2) is 0 Å². The predicted molar refractivity (Wildman–Crippen MR) is 95.4 cm³/mol. The first-order chi connectivity index (χ1) is 10.3. The van der Waals surface area contributed by atoms with Gasteiger partial charge in [-0.05, 0) is 24.8 Å². The number of aryl methyl sites for hydroxylation is 1. The Morgan fingerprint density at radius 3 is 2.22 bits per heavy atom. The van der Waals surface area contributed by atoms with Gasteiger partial charge in [0.2, 0.25) is 11.8 Å². The minimum absolute atomic E-state index is 0. The van der Waals surface area contributed by atoms with E-state index >= 15 is 0 Å². The van der Waals surface area contributed by atoms with Crippen molar-refractivity contribution >= 4 is 24.2 Å². The lowest BCUT2D eigenvalue weighted by molar-refractivity contribution is -0.127. The van der Waals surface area contributed by atoms with Crippen molar-refractivity contribution in [3.63, 3.8) is 0 Å². The fraction of sp³-hybridized carbons (Fsp3) is 0.529. The molecule has 1 aromatic carbocycles. The number of nitrogens with one attached hydrogen (secondary N) is 2. The van der Waals surface area contributed by atoms with Crippen LogP contribution in [0.25, 0.3) is 0 Å². The van der Waals surface area contributed by atoms with Crippen LogP contribution in [0.15, 0.2) is 24.3 Å². The van der Waals surface area contributed by atoms with Gasteiger partial charge in [-0.3, -0.25) is 9.59 Å². The van der Waals surface area contributed by atoms with Crippen molar-refractivity contribution in [1.29, 1.82) is 0 Å². The number of amides is 2. The molecular weight excluding hydrogens is 314 g/mol. The Labute approximate surface area is 144 Å². The van der Waals surface area contributed by atoms with Gasteiger partial charge in [0.15, 0.2) is 0 Å². The van der Waals surface area contributed by atoms with E-state index in [0.717, 1.165) is 12.0 Å². The molecule has 5 nitrogen and oxygen atoms in total. The Balaban J connectivity index is 0.00000484. The molecular formula is C17H28ClN3O2. The molecule has 0 bridgehead atoms. The van der Waals surface area contributed by atoms with E-state index < -0.39 is 6.04 Å². The van der Waals surface area contributed by atoms with Crippen LogP contribution < -0.4 is 16.4 Å². The number of carbonyl (C=O) groups excluding carboxylic acids is 2. The Morgan fingerprint density at radius 2 is 1.74 bits per heavy atom. The van der Waals surface area contributed by atoms with E-state index in [1.54, 1.807) is 0 Å². The molecule has 1 aromatic rings. The van der Waals surface area contributed by atoms with Crippen molar-refractivity contribution in [3.05, 3.63) is 35.4 Å². The van der Waals surface area contributed by atoms with Gasteiger partial charge in [0, 0.05) is 0 Å². The van der Waals surface area contributed by atoms with E-state index in [4.69, 9.17) is 5.73 Å². The lowest BCUT2D eigenvalue weighted by atomic mass is 10.0. The molecule has 2 amide bonds. The molecule has 130 valence electrons. The first-order valence-corrected chi connectivity index (χ1v) is 7.74. The molecule has 0 aliphatic heterocycles. The Bertz CT molecular complexity index is 503. The quantitative estimate of drug-likeness (QED) is 0.710. The molecule has 0 aliphatic rings. The number of hydrogen-bond donors (Lipinski definition) is 3. The van der Waals surface area contributed by atoms with Crippen molar-refractivity contribution in [1.82, 2.24) is 10.6 Å². The Morgan fingerprint density at radius 1 is 1.17 bits per heavy atom. The van der Waals surface area contributed by atoms with E-state index in [0.29, 0.717) is 0 Å². The van der Waals surface area contributed by atoms with Gasteiger partial charge in [0.05, 0.1) is 18.6 Å². The molecule has 2 atom stereocenters. The van der Waals surface area contributed by atoms with Crippen molar-refractivity contribution in [2.75, 3.05) is 6.54 Å². The lowest BCUT2D eigenvalue weighted by Crippen LogP contribution is -2.47. The summed E-state index contributed by atoms with van der Waals surface area (Å²) in [5, 5.41) is 5.51. The fourth-order valence-corrected chi connectivity index (χ4v) is 2.05. The highest BCUT2D eigenvalue weighted by Crippen LogP contribution is 2.16. The summed E-state index contributed by atoms with van der Waals surface area (Å²) in [5.74, 6) is -0.468. The summed E-state index contributed by atoms with van der Waals surface area (Å²) in [6, 6.07) is 7.42. The minimum Gasteiger partial charge on any atom is -0.348 e. The van der Waals surface area contributed by atoms with E-state index in [9.17, 15) is 9.59 Å². The van der Waals surface area contributed by atoms with Crippen LogP contribution in [0.1, 0.15) is 44.4 Å². The van der Waals surface area contributed by atoms with E-state index in [1.807, 2.05) is 52.0 Å². The van der Waals surface area contributed by atoms with E-state index in [1.165, 1.54) is 5.56 Å². The predicted octanol–water partition coefficient (Wildman–Crippen LogP) is 2.08. The van der Waals surface area contributed by atoms with Crippen LogP contribution >= 0.6 is 12.4 Å². The van der Waals surface area contributed by atoms with Crippen LogP contribution in [-0.4, -0.2) is 24.4 Å². The zero-order chi connectivity index (χ0) is 16.7. The lowest BCUT2D eigenvalue weighted by Gasteiger charge is -2.19. The summed E-state index contributed by atoms with van der Waals surface area (Å²) < 4.78 is 0. The van der Waals surface area contributed by atoms with Gasteiger partial charge in [0.25, 0.3) is 0 Å². The molecule has 0 saturated carbocycles. The number of carbonyl (C=O) groups is 2. The minimum atomic E-state index is -0.591. The van der Waals surface area contributed by atoms with E-state index in [-0.39, 0.29) is 42.7 Å². The summed E-state index contributed by atoms with van der Waals surface area (Å²) in [6.45, 7) is 7.72. The van der Waals surface area contributed by atoms with Crippen molar-refractivity contribution in [3.8, 4) is 0 Å². The second-order valence-corrected chi connectivity index (χ2v) is 5.93. The number of nitrogens with two attached hydrogens (primary N) is 1. The standard InChI is InChI=1S/C17H27N3O2.ClH/c1-5-14(13-8-6-12(4)7-9-13)20-15(21)10-19-17(22)16(18)11(2)3;/h6-9,11,14,16H,5,10,18H2,1-4H3,(H,19,22)(H,20,21);1H/t14?,16-;/m0./s1. The largest absolute Gasteiger partial charge is 0.348 e. The van der Waals surface area contributed by atoms with Gasteiger partial charge in [-0.1, -0.05) is 50.6 Å². The smallest absolute Gasteiger partial charge is 0.239 e. The highest BCUT2D eigenvalue weighted by Gasteiger charge is 2.18. The normalized spacial score (nSPS) is 13.0. The van der Waals surface area contributed by atoms with Gasteiger partial charge in [-0.15, -0.1) is 12.4 Å². The van der Waals surface area contributed by atoms with Crippen LogP contribution in [0.3, 0.4) is 0 Å². The fourth-order valence-electron chi connectivity index (χ4n) is 2.05. The van der Waals surface area contributed by atoms with Gasteiger partial charge in [0.1, 0.15) is 0 Å². The highest BCUT2D eigenvalue weighted by molar-refractivity contribution is 5.87. The molecule has 0 fully saturated rings. The molecule has 0 radical (unpaired) electrons. The van der Waals surface area contributed by atoms with Gasteiger partial charge in [-0.2, -0.15) is 0 Å². The van der Waals surface area contributed by atoms with Crippen molar-refractivity contribution < 1.29 is 9.59 Å². The average Bonchev–Trinajstić information content (AvgIpc) is 2.50. The molecule has 0 spiro atoms. The first kappa shape index (κ1) is 21.4. The maximum atomic E-state index is 12.0. The molecule has 23 heavy (non-hydrogen) atoms. The Hall–Kier alpha value is -1.59. The van der Waals surface area contributed by atoms with Crippen LogP contribution in [-0.2, 0) is 9.59 Å². The van der Waals surface area contributed by atoms with Crippen molar-refractivity contribution in [2.45, 2.75) is 46.2 Å². The number of hydrogen-bond acceptors (Lipinski definition) is 3. The van der Waals surface area contributed by atoms with Crippen LogP contribution in [0.2, 0.25) is 0 Å². The number of benzene rings is 1. The topological polar surface area (TPSA) is 84.2 Å². The molecule has 0 aliphatic carbocycles. The second-order valence-electron chi connectivity index (χ2n) is 5.93. The SMILES string of the molecule is CCC(NC(=O)CNC(=O)[C@@H](N)C(C)C)c1ccc(C)cc1.Cl. The monoisotopic (exact) mass is 341 g/mol. The van der Waals surface area contributed by atoms with Gasteiger partial charge >= 0.3 is 0 Å². The molecule has 1 unspecified atom stereocenters. The van der Waals surface area contributed by atoms with Crippen LogP contribution in [0, 0.1) is 12.8 Å². The molecule has 6 heteroatoms. The summed E-state index contributed by atoms with van der Waals surface area (Å²) >= 11 is 0. The number of halogens is 1. The van der Waals surface area contributed by atoms with Crippen molar-refractivity contribution in [2.24, 2.45) is 11.7 Å². The summed E-state index contributed by atoms with van der Waals surface area (Å²) in [5.41, 5.74) is 7.98. The van der Waals surface area contributed by atoms with E-state index in [2.05, 4.69) is 10.6 Å². The summed E-state index contributed by atoms with van der Waals surface area (Å²) in [6.07, 6.45) is 0.786. The maximum absolute atomic E-state index is 12.0. The first-order valence-electron chi connectivity index (χ1n) is 7.74. The zero-order valence-corrected chi connectivity index (χ0v) is 15.1.